The molecule has 0 aliphatic heterocycles. The van der Waals surface area contributed by atoms with Gasteiger partial charge in [0.05, 0.1) is 18.4 Å². The first-order valence-electron chi connectivity index (χ1n) is 9.34. The molecule has 5 nitrogen and oxygen atoms in total. The number of hydrogen-bond donors (Lipinski definition) is 2. The summed E-state index contributed by atoms with van der Waals surface area (Å²) >= 11 is 0. The van der Waals surface area contributed by atoms with Crippen molar-refractivity contribution in [2.75, 3.05) is 19.0 Å². The SMILES string of the molecule is COc1ccccc1CCNC(=O)c1cncc(NC(C)c2ccccc2)c1. The van der Waals surface area contributed by atoms with E-state index in [1.165, 1.54) is 5.56 Å². The molecule has 5 heteroatoms. The fourth-order valence-electron chi connectivity index (χ4n) is 3.04. The molecule has 0 aliphatic carbocycles. The standard InChI is InChI=1S/C23H25N3O2/c1-17(18-8-4-3-5-9-18)26-21-14-20(15-24-16-21)23(27)25-13-12-19-10-6-7-11-22(19)28-2/h3-11,14-17,26H,12-13H2,1-2H3,(H,25,27). The predicted octanol–water partition coefficient (Wildman–Crippen LogP) is 4.24. The number of carbonyl (C=O) groups is 1. The van der Waals surface area contributed by atoms with Crippen LogP contribution in [0.2, 0.25) is 0 Å². The third kappa shape index (κ3) is 5.10. The topological polar surface area (TPSA) is 63.2 Å². The number of ether oxygens (including phenoxy) is 1. The summed E-state index contributed by atoms with van der Waals surface area (Å²) in [6, 6.07) is 19.9. The number of benzene rings is 2. The highest BCUT2D eigenvalue weighted by Gasteiger charge is 2.10. The van der Waals surface area contributed by atoms with Crippen molar-refractivity contribution in [3.63, 3.8) is 0 Å². The van der Waals surface area contributed by atoms with E-state index in [1.54, 1.807) is 19.5 Å². The monoisotopic (exact) mass is 375 g/mol. The smallest absolute Gasteiger partial charge is 0.252 e. The molecule has 3 rings (SSSR count). The van der Waals surface area contributed by atoms with E-state index in [4.69, 9.17) is 4.74 Å². The predicted molar refractivity (Wildman–Crippen MR) is 112 cm³/mol. The van der Waals surface area contributed by atoms with Crippen LogP contribution in [0.25, 0.3) is 0 Å². The number of nitrogens with zero attached hydrogens (tertiary/aromatic N) is 1. The fourth-order valence-corrected chi connectivity index (χ4v) is 3.04. The number of carbonyl (C=O) groups excluding carboxylic acids is 1. The maximum absolute atomic E-state index is 12.5. The maximum Gasteiger partial charge on any atom is 0.252 e. The molecule has 0 bridgehead atoms. The number of hydrogen-bond acceptors (Lipinski definition) is 4. The first-order valence-corrected chi connectivity index (χ1v) is 9.34. The van der Waals surface area contributed by atoms with Gasteiger partial charge in [0.1, 0.15) is 5.75 Å². The van der Waals surface area contributed by atoms with Crippen molar-refractivity contribution >= 4 is 11.6 Å². The highest BCUT2D eigenvalue weighted by molar-refractivity contribution is 5.94. The molecular formula is C23H25N3O2. The molecule has 28 heavy (non-hydrogen) atoms. The summed E-state index contributed by atoms with van der Waals surface area (Å²) < 4.78 is 5.35. The van der Waals surface area contributed by atoms with Gasteiger partial charge in [0.15, 0.2) is 0 Å². The minimum Gasteiger partial charge on any atom is -0.496 e. The van der Waals surface area contributed by atoms with Crippen molar-refractivity contribution in [3.8, 4) is 5.75 Å². The van der Waals surface area contributed by atoms with Gasteiger partial charge in [-0.05, 0) is 36.6 Å². The Morgan fingerprint density at radius 2 is 1.82 bits per heavy atom. The van der Waals surface area contributed by atoms with Crippen LogP contribution in [0.1, 0.15) is 34.5 Å². The molecule has 2 N–H and O–H groups in total. The molecule has 0 aliphatic rings. The minimum absolute atomic E-state index is 0.117. The lowest BCUT2D eigenvalue weighted by Gasteiger charge is -2.16. The van der Waals surface area contributed by atoms with Crippen LogP contribution in [0.15, 0.2) is 73.1 Å². The second kappa shape index (κ2) is 9.55. The van der Waals surface area contributed by atoms with Gasteiger partial charge in [0, 0.05) is 25.0 Å². The van der Waals surface area contributed by atoms with E-state index < -0.39 is 0 Å². The number of anilines is 1. The van der Waals surface area contributed by atoms with Crippen LogP contribution >= 0.6 is 0 Å². The number of rotatable bonds is 8. The Labute approximate surface area is 165 Å². The Morgan fingerprint density at radius 3 is 2.61 bits per heavy atom. The van der Waals surface area contributed by atoms with E-state index in [9.17, 15) is 4.79 Å². The summed E-state index contributed by atoms with van der Waals surface area (Å²) in [5.74, 6) is 0.693. The normalized spacial score (nSPS) is 11.5. The Kier molecular flexibility index (Phi) is 6.63. The molecule has 0 fully saturated rings. The van der Waals surface area contributed by atoms with E-state index in [-0.39, 0.29) is 11.9 Å². The average Bonchev–Trinajstić information content (AvgIpc) is 2.74. The van der Waals surface area contributed by atoms with Gasteiger partial charge in [0.2, 0.25) is 0 Å². The lowest BCUT2D eigenvalue weighted by molar-refractivity contribution is 0.0953. The summed E-state index contributed by atoms with van der Waals surface area (Å²) in [5, 5.41) is 6.34. The molecular weight excluding hydrogens is 350 g/mol. The van der Waals surface area contributed by atoms with Crippen molar-refractivity contribution in [2.24, 2.45) is 0 Å². The van der Waals surface area contributed by atoms with Gasteiger partial charge >= 0.3 is 0 Å². The molecule has 3 aromatic rings. The molecule has 0 radical (unpaired) electrons. The minimum atomic E-state index is -0.140. The van der Waals surface area contributed by atoms with Gasteiger partial charge in [0.25, 0.3) is 5.91 Å². The van der Waals surface area contributed by atoms with E-state index in [0.29, 0.717) is 18.5 Å². The molecule has 1 aromatic heterocycles. The van der Waals surface area contributed by atoms with Crippen LogP contribution in [-0.4, -0.2) is 24.5 Å². The quantitative estimate of drug-likeness (QED) is 0.618. The molecule has 2 aromatic carbocycles. The van der Waals surface area contributed by atoms with Crippen molar-refractivity contribution in [1.29, 1.82) is 0 Å². The lowest BCUT2D eigenvalue weighted by atomic mass is 10.1. The Balaban J connectivity index is 1.58. The molecule has 1 amide bonds. The van der Waals surface area contributed by atoms with Gasteiger partial charge < -0.3 is 15.4 Å². The number of methoxy groups -OCH3 is 1. The van der Waals surface area contributed by atoms with Gasteiger partial charge in [-0.25, -0.2) is 0 Å². The third-order valence-corrected chi connectivity index (χ3v) is 4.56. The zero-order chi connectivity index (χ0) is 19.8. The van der Waals surface area contributed by atoms with Crippen molar-refractivity contribution in [3.05, 3.63) is 89.7 Å². The Hall–Kier alpha value is -3.34. The first kappa shape index (κ1) is 19.4. The molecule has 1 heterocycles. The zero-order valence-electron chi connectivity index (χ0n) is 16.2. The molecule has 1 atom stereocenters. The average molecular weight is 375 g/mol. The summed E-state index contributed by atoms with van der Waals surface area (Å²) in [5.41, 5.74) is 3.59. The largest absolute Gasteiger partial charge is 0.496 e. The van der Waals surface area contributed by atoms with Crippen LogP contribution in [0.4, 0.5) is 5.69 Å². The second-order valence-electron chi connectivity index (χ2n) is 6.56. The first-order chi connectivity index (χ1) is 13.7. The summed E-state index contributed by atoms with van der Waals surface area (Å²) in [4.78, 5) is 16.7. The molecule has 0 spiro atoms. The van der Waals surface area contributed by atoms with Crippen molar-refractivity contribution in [1.82, 2.24) is 10.3 Å². The van der Waals surface area contributed by atoms with Crippen molar-refractivity contribution in [2.45, 2.75) is 19.4 Å². The molecule has 144 valence electrons. The molecule has 0 saturated heterocycles. The highest BCUT2D eigenvalue weighted by Crippen LogP contribution is 2.19. The molecule has 0 saturated carbocycles. The highest BCUT2D eigenvalue weighted by atomic mass is 16.5. The van der Waals surface area contributed by atoms with Crippen LogP contribution < -0.4 is 15.4 Å². The van der Waals surface area contributed by atoms with Gasteiger partial charge in [-0.15, -0.1) is 0 Å². The number of aromatic nitrogens is 1. The second-order valence-corrected chi connectivity index (χ2v) is 6.56. The summed E-state index contributed by atoms with van der Waals surface area (Å²) in [6.45, 7) is 2.60. The van der Waals surface area contributed by atoms with E-state index in [2.05, 4.69) is 34.7 Å². The number of nitrogens with one attached hydrogen (secondary N) is 2. The van der Waals surface area contributed by atoms with Crippen LogP contribution in [-0.2, 0) is 6.42 Å². The van der Waals surface area contributed by atoms with Gasteiger partial charge in [-0.2, -0.15) is 0 Å². The zero-order valence-corrected chi connectivity index (χ0v) is 16.2. The maximum atomic E-state index is 12.5. The van der Waals surface area contributed by atoms with Crippen LogP contribution in [0.5, 0.6) is 5.75 Å². The van der Waals surface area contributed by atoms with Gasteiger partial charge in [-0.3, -0.25) is 9.78 Å². The van der Waals surface area contributed by atoms with E-state index >= 15 is 0 Å². The number of amides is 1. The van der Waals surface area contributed by atoms with Crippen LogP contribution in [0, 0.1) is 0 Å². The van der Waals surface area contributed by atoms with E-state index in [1.807, 2.05) is 48.5 Å². The Morgan fingerprint density at radius 1 is 1.07 bits per heavy atom. The summed E-state index contributed by atoms with van der Waals surface area (Å²) in [6.07, 6.45) is 4.01. The van der Waals surface area contributed by atoms with Gasteiger partial charge in [-0.1, -0.05) is 48.5 Å². The Bertz CT molecular complexity index is 912. The summed E-state index contributed by atoms with van der Waals surface area (Å²) in [7, 11) is 1.65. The fraction of sp³-hybridized carbons (Fsp3) is 0.217. The van der Waals surface area contributed by atoms with Crippen LogP contribution in [0.3, 0.4) is 0 Å². The molecule has 1 unspecified atom stereocenters. The van der Waals surface area contributed by atoms with Crippen molar-refractivity contribution < 1.29 is 9.53 Å². The third-order valence-electron chi connectivity index (χ3n) is 4.56. The number of para-hydroxylation sites is 1. The lowest BCUT2D eigenvalue weighted by Crippen LogP contribution is -2.26. The van der Waals surface area contributed by atoms with E-state index in [0.717, 1.165) is 17.0 Å². The number of pyridine rings is 1.